The number of hydrogen-bond donors (Lipinski definition) is 1. The van der Waals surface area contributed by atoms with E-state index in [-0.39, 0.29) is 12.0 Å². The first-order valence-electron chi connectivity index (χ1n) is 7.63. The molecule has 2 N–H and O–H groups in total. The van der Waals surface area contributed by atoms with Crippen LogP contribution in [0.1, 0.15) is 17.2 Å². The Labute approximate surface area is 135 Å². The van der Waals surface area contributed by atoms with Crippen LogP contribution in [-0.4, -0.2) is 45.3 Å². The average molecular weight is 318 g/mol. The molecule has 23 heavy (non-hydrogen) atoms. The third-order valence-corrected chi connectivity index (χ3v) is 4.68. The quantitative estimate of drug-likeness (QED) is 0.846. The van der Waals surface area contributed by atoms with E-state index in [0.29, 0.717) is 18.0 Å². The number of nitrogens with two attached hydrogens (primary N) is 1. The Hall–Kier alpha value is -2.21. The maximum absolute atomic E-state index is 11.9. The van der Waals surface area contributed by atoms with Crippen LogP contribution in [0.5, 0.6) is 11.5 Å². The molecule has 1 aromatic rings. The van der Waals surface area contributed by atoms with Gasteiger partial charge in [-0.1, -0.05) is 0 Å². The SMILES string of the molecule is COC(=O)C1CN2CCc3cc(OC)c(OC)cc3C2C=C1N. The van der Waals surface area contributed by atoms with Crippen LogP contribution >= 0.6 is 0 Å². The number of carbonyl (C=O) groups excluding carboxylic acids is 1. The summed E-state index contributed by atoms with van der Waals surface area (Å²) in [6.07, 6.45) is 2.85. The van der Waals surface area contributed by atoms with Crippen molar-refractivity contribution in [2.24, 2.45) is 11.7 Å². The minimum atomic E-state index is -0.391. The van der Waals surface area contributed by atoms with Crippen LogP contribution in [0, 0.1) is 5.92 Å². The van der Waals surface area contributed by atoms with Crippen molar-refractivity contribution in [3.63, 3.8) is 0 Å². The topological polar surface area (TPSA) is 74.0 Å². The molecule has 2 atom stereocenters. The molecule has 3 rings (SSSR count). The molecule has 124 valence electrons. The molecule has 0 saturated heterocycles. The summed E-state index contributed by atoms with van der Waals surface area (Å²) in [5.74, 6) is 0.767. The Balaban J connectivity index is 2.01. The lowest BCUT2D eigenvalue weighted by molar-refractivity contribution is -0.145. The van der Waals surface area contributed by atoms with E-state index in [4.69, 9.17) is 19.9 Å². The van der Waals surface area contributed by atoms with Gasteiger partial charge in [0, 0.05) is 18.8 Å². The smallest absolute Gasteiger partial charge is 0.315 e. The first kappa shape index (κ1) is 15.7. The van der Waals surface area contributed by atoms with Gasteiger partial charge >= 0.3 is 5.97 Å². The van der Waals surface area contributed by atoms with E-state index < -0.39 is 5.92 Å². The fraction of sp³-hybridized carbons (Fsp3) is 0.471. The van der Waals surface area contributed by atoms with Crippen LogP contribution in [0.25, 0.3) is 0 Å². The van der Waals surface area contributed by atoms with E-state index in [0.717, 1.165) is 24.3 Å². The normalized spacial score (nSPS) is 23.3. The van der Waals surface area contributed by atoms with Crippen molar-refractivity contribution in [3.8, 4) is 11.5 Å². The molecule has 6 heteroatoms. The minimum absolute atomic E-state index is 0.0551. The van der Waals surface area contributed by atoms with Crippen molar-refractivity contribution >= 4 is 5.97 Å². The Kier molecular flexibility index (Phi) is 4.17. The lowest BCUT2D eigenvalue weighted by atomic mass is 9.86. The van der Waals surface area contributed by atoms with Gasteiger partial charge in [0.25, 0.3) is 0 Å². The zero-order chi connectivity index (χ0) is 16.6. The molecular formula is C17H22N2O4. The Morgan fingerprint density at radius 2 is 1.91 bits per heavy atom. The maximum Gasteiger partial charge on any atom is 0.315 e. The van der Waals surface area contributed by atoms with Gasteiger partial charge in [0.1, 0.15) is 5.92 Å². The third-order valence-electron chi connectivity index (χ3n) is 4.68. The number of hydrogen-bond acceptors (Lipinski definition) is 6. The minimum Gasteiger partial charge on any atom is -0.493 e. The summed E-state index contributed by atoms with van der Waals surface area (Å²) < 4.78 is 15.7. The molecule has 2 aliphatic rings. The molecule has 2 aliphatic heterocycles. The number of esters is 1. The zero-order valence-electron chi connectivity index (χ0n) is 13.7. The van der Waals surface area contributed by atoms with E-state index >= 15 is 0 Å². The summed E-state index contributed by atoms with van der Waals surface area (Å²) >= 11 is 0. The Morgan fingerprint density at radius 3 is 2.57 bits per heavy atom. The number of nitrogens with zero attached hydrogens (tertiary/aromatic N) is 1. The van der Waals surface area contributed by atoms with Crippen molar-refractivity contribution in [2.75, 3.05) is 34.4 Å². The lowest BCUT2D eigenvalue weighted by Crippen LogP contribution is -2.45. The van der Waals surface area contributed by atoms with Gasteiger partial charge in [-0.15, -0.1) is 0 Å². The fourth-order valence-corrected chi connectivity index (χ4v) is 3.42. The summed E-state index contributed by atoms with van der Waals surface area (Å²) in [5.41, 5.74) is 9.07. The number of benzene rings is 1. The summed E-state index contributed by atoms with van der Waals surface area (Å²) in [6, 6.07) is 4.09. The lowest BCUT2D eigenvalue weighted by Gasteiger charge is -2.41. The second kappa shape index (κ2) is 6.12. The van der Waals surface area contributed by atoms with Crippen LogP contribution in [0.2, 0.25) is 0 Å². The van der Waals surface area contributed by atoms with Gasteiger partial charge in [-0.3, -0.25) is 9.69 Å². The first-order chi connectivity index (χ1) is 11.1. The third kappa shape index (κ3) is 2.63. The standard InChI is InChI=1S/C17H22N2O4/c1-21-15-6-10-4-5-19-9-12(17(20)23-3)13(18)8-14(19)11(10)7-16(15)22-2/h6-8,12,14H,4-5,9,18H2,1-3H3. The molecule has 6 nitrogen and oxygen atoms in total. The molecule has 0 bridgehead atoms. The zero-order valence-corrected chi connectivity index (χ0v) is 13.7. The van der Waals surface area contributed by atoms with Crippen molar-refractivity contribution in [3.05, 3.63) is 35.0 Å². The second-order valence-electron chi connectivity index (χ2n) is 5.84. The predicted molar refractivity (Wildman–Crippen MR) is 85.3 cm³/mol. The fourth-order valence-electron chi connectivity index (χ4n) is 3.42. The van der Waals surface area contributed by atoms with E-state index in [9.17, 15) is 4.79 Å². The van der Waals surface area contributed by atoms with Crippen LogP contribution in [0.4, 0.5) is 0 Å². The van der Waals surface area contributed by atoms with Crippen molar-refractivity contribution in [1.82, 2.24) is 4.90 Å². The van der Waals surface area contributed by atoms with Gasteiger partial charge < -0.3 is 19.9 Å². The van der Waals surface area contributed by atoms with Gasteiger partial charge in [0.2, 0.25) is 0 Å². The molecule has 0 spiro atoms. The number of ether oxygens (including phenoxy) is 3. The molecule has 1 aromatic carbocycles. The number of carbonyl (C=O) groups is 1. The molecule has 2 unspecified atom stereocenters. The molecule has 0 radical (unpaired) electrons. The van der Waals surface area contributed by atoms with Crippen molar-refractivity contribution in [1.29, 1.82) is 0 Å². The van der Waals surface area contributed by atoms with E-state index in [1.54, 1.807) is 14.2 Å². The monoisotopic (exact) mass is 318 g/mol. The summed E-state index contributed by atoms with van der Waals surface area (Å²) in [6.45, 7) is 1.44. The van der Waals surface area contributed by atoms with Gasteiger partial charge in [0.15, 0.2) is 11.5 Å². The van der Waals surface area contributed by atoms with Crippen LogP contribution in [-0.2, 0) is 16.0 Å². The highest BCUT2D eigenvalue weighted by molar-refractivity contribution is 5.76. The summed E-state index contributed by atoms with van der Waals surface area (Å²) in [5, 5.41) is 0. The number of rotatable bonds is 3. The molecule has 0 amide bonds. The molecule has 0 saturated carbocycles. The summed E-state index contributed by atoms with van der Waals surface area (Å²) in [4.78, 5) is 14.1. The van der Waals surface area contributed by atoms with Gasteiger partial charge in [-0.2, -0.15) is 0 Å². The molecule has 0 aliphatic carbocycles. The highest BCUT2D eigenvalue weighted by Gasteiger charge is 2.36. The average Bonchev–Trinajstić information content (AvgIpc) is 2.59. The van der Waals surface area contributed by atoms with E-state index in [2.05, 4.69) is 4.90 Å². The Morgan fingerprint density at radius 1 is 1.22 bits per heavy atom. The van der Waals surface area contributed by atoms with Crippen LogP contribution < -0.4 is 15.2 Å². The van der Waals surface area contributed by atoms with Crippen LogP contribution in [0.3, 0.4) is 0 Å². The molecule has 2 heterocycles. The largest absolute Gasteiger partial charge is 0.493 e. The van der Waals surface area contributed by atoms with E-state index in [1.165, 1.54) is 12.7 Å². The van der Waals surface area contributed by atoms with Crippen LogP contribution in [0.15, 0.2) is 23.9 Å². The van der Waals surface area contributed by atoms with Gasteiger partial charge in [0.05, 0.1) is 27.4 Å². The summed E-state index contributed by atoms with van der Waals surface area (Å²) in [7, 11) is 4.66. The predicted octanol–water partition coefficient (Wildman–Crippen LogP) is 1.25. The second-order valence-corrected chi connectivity index (χ2v) is 5.84. The van der Waals surface area contributed by atoms with Gasteiger partial charge in [-0.25, -0.2) is 0 Å². The molecule has 0 fully saturated rings. The Bertz CT molecular complexity index is 656. The molecular weight excluding hydrogens is 296 g/mol. The first-order valence-corrected chi connectivity index (χ1v) is 7.63. The molecule has 0 aromatic heterocycles. The van der Waals surface area contributed by atoms with Crippen molar-refractivity contribution < 1.29 is 19.0 Å². The van der Waals surface area contributed by atoms with Crippen molar-refractivity contribution in [2.45, 2.75) is 12.5 Å². The van der Waals surface area contributed by atoms with Gasteiger partial charge in [-0.05, 0) is 35.8 Å². The number of methoxy groups -OCH3 is 3. The highest BCUT2D eigenvalue weighted by atomic mass is 16.5. The highest BCUT2D eigenvalue weighted by Crippen LogP contribution is 2.41. The maximum atomic E-state index is 11.9. The number of fused-ring (bicyclic) bond motifs is 3. The van der Waals surface area contributed by atoms with E-state index in [1.807, 2.05) is 18.2 Å².